The Kier molecular flexibility index (Phi) is 6.29. The molecule has 0 bridgehead atoms. The summed E-state index contributed by atoms with van der Waals surface area (Å²) in [6, 6.07) is 20.8. The fraction of sp³-hybridized carbons (Fsp3) is 0. The molecule has 7 nitrogen and oxygen atoms in total. The van der Waals surface area contributed by atoms with Crippen molar-refractivity contribution in [2.24, 2.45) is 5.28 Å². The van der Waals surface area contributed by atoms with Gasteiger partial charge in [0.1, 0.15) is 5.28 Å². The van der Waals surface area contributed by atoms with Crippen LogP contribution in [-0.4, -0.2) is 9.79 Å². The zero-order valence-corrected chi connectivity index (χ0v) is 11.2. The smallest absolute Gasteiger partial charge is 0.336 e. The van der Waals surface area contributed by atoms with Crippen molar-refractivity contribution >= 4 is 7.82 Å². The van der Waals surface area contributed by atoms with Gasteiger partial charge in [-0.05, 0) is 16.7 Å². The van der Waals surface area contributed by atoms with Crippen LogP contribution in [0.25, 0.3) is 21.6 Å². The van der Waals surface area contributed by atoms with Crippen molar-refractivity contribution in [3.63, 3.8) is 0 Å². The topological polar surface area (TPSA) is 116 Å². The maximum Gasteiger partial charge on any atom is 0.530 e. The van der Waals surface area contributed by atoms with Gasteiger partial charge in [0.25, 0.3) is 0 Å². The Morgan fingerprint density at radius 3 is 1.60 bits per heavy atom. The Hall–Kier alpha value is -2.30. The van der Waals surface area contributed by atoms with Gasteiger partial charge in [-0.15, -0.1) is 0 Å². The van der Waals surface area contributed by atoms with Crippen molar-refractivity contribution in [2.75, 3.05) is 0 Å². The van der Waals surface area contributed by atoms with Crippen LogP contribution in [0.2, 0.25) is 0 Å². The number of rotatable bonds is 3. The van der Waals surface area contributed by atoms with Crippen LogP contribution in [0.5, 0.6) is 0 Å². The van der Waals surface area contributed by atoms with E-state index >= 15 is 0 Å². The minimum atomic E-state index is -4.60. The molecule has 2 N–H and O–H groups in total. The van der Waals surface area contributed by atoms with Crippen LogP contribution in [-0.2, 0) is 9.19 Å². The van der Waals surface area contributed by atoms with E-state index in [9.17, 15) is 4.57 Å². The van der Waals surface area contributed by atoms with E-state index in [1.54, 1.807) is 0 Å². The van der Waals surface area contributed by atoms with Gasteiger partial charge in [-0.25, -0.2) is 4.57 Å². The lowest BCUT2D eigenvalue weighted by molar-refractivity contribution is 0.201. The molecule has 0 amide bonds. The van der Waals surface area contributed by atoms with Gasteiger partial charge in [-0.2, -0.15) is 0 Å². The third kappa shape index (κ3) is 6.58. The standard InChI is InChI=1S/C12H10.H2N3O4P/c1-3-7-11(8-4-1)12-9-5-2-6-10-12;1-2-3-7-8(4,5)6/h1-10H;(H2,4,5,6). The fourth-order valence-electron chi connectivity index (χ4n) is 1.33. The van der Waals surface area contributed by atoms with Crippen LogP contribution in [0.3, 0.4) is 0 Å². The Bertz CT molecular complexity index is 572. The van der Waals surface area contributed by atoms with Crippen molar-refractivity contribution < 1.29 is 19.0 Å². The molecule has 104 valence electrons. The van der Waals surface area contributed by atoms with E-state index in [1.807, 2.05) is 17.0 Å². The van der Waals surface area contributed by atoms with Gasteiger partial charge >= 0.3 is 7.82 Å². The van der Waals surface area contributed by atoms with Crippen LogP contribution in [0.1, 0.15) is 0 Å². The summed E-state index contributed by atoms with van der Waals surface area (Å²) in [7, 11) is -4.60. The van der Waals surface area contributed by atoms with Crippen molar-refractivity contribution in [2.45, 2.75) is 0 Å². The lowest BCUT2D eigenvalue weighted by atomic mass is 10.1. The summed E-state index contributed by atoms with van der Waals surface area (Å²) in [5.74, 6) is 0. The molecular formula is C12H12N3O4P. The molecule has 0 heterocycles. The summed E-state index contributed by atoms with van der Waals surface area (Å²) in [5, 5.41) is 2.16. The highest BCUT2D eigenvalue weighted by Gasteiger charge is 2.11. The molecule has 0 saturated heterocycles. The van der Waals surface area contributed by atoms with Gasteiger partial charge in [0.2, 0.25) is 0 Å². The van der Waals surface area contributed by atoms with E-state index in [0.717, 1.165) is 0 Å². The van der Waals surface area contributed by atoms with Crippen molar-refractivity contribution in [3.05, 3.63) is 71.1 Å². The predicted octanol–water partition coefficient (Wildman–Crippen LogP) is 3.67. The molecule has 0 aromatic heterocycles. The van der Waals surface area contributed by atoms with Crippen molar-refractivity contribution in [3.8, 4) is 11.1 Å². The van der Waals surface area contributed by atoms with Gasteiger partial charge in [0.05, 0.1) is 0 Å². The SMILES string of the molecule is [N-]=[N+]=NOP(=O)(O)O.c1ccc(-c2ccccc2)cc1. The van der Waals surface area contributed by atoms with Crippen LogP contribution in [0.15, 0.2) is 65.9 Å². The van der Waals surface area contributed by atoms with E-state index in [2.05, 4.69) is 58.4 Å². The first-order chi connectivity index (χ1) is 9.53. The van der Waals surface area contributed by atoms with E-state index in [-0.39, 0.29) is 0 Å². The monoisotopic (exact) mass is 293 g/mol. The number of nitrogens with zero attached hydrogens (tertiary/aromatic N) is 3. The van der Waals surface area contributed by atoms with Crippen LogP contribution in [0, 0.1) is 0 Å². The highest BCUT2D eigenvalue weighted by atomic mass is 31.2. The Balaban J connectivity index is 0.000000221. The quantitative estimate of drug-likeness (QED) is 0.295. The van der Waals surface area contributed by atoms with E-state index in [4.69, 9.17) is 15.3 Å². The summed E-state index contributed by atoms with van der Waals surface area (Å²) in [6.45, 7) is 0. The maximum atomic E-state index is 9.60. The summed E-state index contributed by atoms with van der Waals surface area (Å²) in [4.78, 5) is 17.5. The molecule has 2 aromatic carbocycles. The summed E-state index contributed by atoms with van der Waals surface area (Å²) < 4.78 is 12.9. The number of hydrogen-bond acceptors (Lipinski definition) is 3. The largest absolute Gasteiger partial charge is 0.530 e. The minimum absolute atomic E-state index is 1.28. The molecule has 0 saturated carbocycles. The van der Waals surface area contributed by atoms with Crippen molar-refractivity contribution in [1.29, 1.82) is 0 Å². The molecular weight excluding hydrogens is 281 g/mol. The third-order valence-electron chi connectivity index (χ3n) is 2.06. The number of phosphoric acid groups is 1. The molecule has 0 fully saturated rings. The zero-order chi connectivity index (χ0) is 14.8. The molecule has 0 radical (unpaired) electrons. The highest BCUT2D eigenvalue weighted by molar-refractivity contribution is 7.46. The van der Waals surface area contributed by atoms with Crippen LogP contribution in [0.4, 0.5) is 0 Å². The second-order valence-electron chi connectivity index (χ2n) is 3.48. The summed E-state index contributed by atoms with van der Waals surface area (Å²) in [6.07, 6.45) is 0. The molecule has 8 heteroatoms. The number of benzene rings is 2. The first-order valence-corrected chi connectivity index (χ1v) is 6.95. The van der Waals surface area contributed by atoms with Crippen LogP contribution >= 0.6 is 7.82 Å². The predicted molar refractivity (Wildman–Crippen MR) is 74.2 cm³/mol. The highest BCUT2D eigenvalue weighted by Crippen LogP contribution is 2.35. The lowest BCUT2D eigenvalue weighted by Crippen LogP contribution is -1.75. The normalized spacial score (nSPS) is 9.70. The molecule has 2 aromatic rings. The minimum Gasteiger partial charge on any atom is -0.336 e. The Morgan fingerprint density at radius 2 is 1.35 bits per heavy atom. The van der Waals surface area contributed by atoms with Gasteiger partial charge in [-0.3, -0.25) is 9.79 Å². The fourth-order valence-corrected chi connectivity index (χ4v) is 1.45. The first kappa shape index (κ1) is 15.8. The van der Waals surface area contributed by atoms with Crippen LogP contribution < -0.4 is 0 Å². The molecule has 0 atom stereocenters. The summed E-state index contributed by atoms with van der Waals surface area (Å²) in [5.41, 5.74) is 9.97. The second kappa shape index (κ2) is 7.99. The summed E-state index contributed by atoms with van der Waals surface area (Å²) >= 11 is 0. The Morgan fingerprint density at radius 1 is 0.950 bits per heavy atom. The second-order valence-corrected chi connectivity index (χ2v) is 4.62. The number of azide groups is 1. The molecule has 2 rings (SSSR count). The molecule has 0 aliphatic carbocycles. The number of hydrogen-bond donors (Lipinski definition) is 2. The lowest BCUT2D eigenvalue weighted by Gasteiger charge is -1.98. The molecule has 0 spiro atoms. The van der Waals surface area contributed by atoms with E-state index in [1.165, 1.54) is 11.1 Å². The first-order valence-electron chi connectivity index (χ1n) is 5.42. The van der Waals surface area contributed by atoms with Gasteiger partial charge in [0.15, 0.2) is 0 Å². The van der Waals surface area contributed by atoms with E-state index in [0.29, 0.717) is 0 Å². The molecule has 0 unspecified atom stereocenters. The average Bonchev–Trinajstić information content (AvgIpc) is 2.47. The van der Waals surface area contributed by atoms with Gasteiger partial charge < -0.3 is 4.62 Å². The van der Waals surface area contributed by atoms with E-state index < -0.39 is 7.82 Å². The molecule has 0 aliphatic heterocycles. The van der Waals surface area contributed by atoms with Gasteiger partial charge in [0, 0.05) is 4.91 Å². The third-order valence-corrected chi connectivity index (χ3v) is 2.35. The maximum absolute atomic E-state index is 9.60. The van der Waals surface area contributed by atoms with Crippen molar-refractivity contribution in [1.82, 2.24) is 0 Å². The zero-order valence-electron chi connectivity index (χ0n) is 10.3. The van der Waals surface area contributed by atoms with Gasteiger partial charge in [-0.1, -0.05) is 60.7 Å². The molecule has 20 heavy (non-hydrogen) atoms. The average molecular weight is 293 g/mol. The molecule has 0 aliphatic rings. The Labute approximate surface area is 115 Å².